The predicted molar refractivity (Wildman–Crippen MR) is 170 cm³/mol. The van der Waals surface area contributed by atoms with Gasteiger partial charge in [0.05, 0.1) is 17.2 Å². The molecule has 0 bridgehead atoms. The first-order valence-electron chi connectivity index (χ1n) is 14.2. The maximum absolute atomic E-state index is 12.4. The van der Waals surface area contributed by atoms with E-state index in [1.165, 1.54) is 0 Å². The van der Waals surface area contributed by atoms with Gasteiger partial charge in [-0.05, 0) is 79.7 Å². The largest absolute Gasteiger partial charge is 0.491 e. The van der Waals surface area contributed by atoms with Gasteiger partial charge in [0.1, 0.15) is 18.5 Å². The topological polar surface area (TPSA) is 76.2 Å². The number of ether oxygens (including phenoxy) is 3. The van der Waals surface area contributed by atoms with Gasteiger partial charge in [0.25, 0.3) is 5.91 Å². The second kappa shape index (κ2) is 12.8. The molecule has 1 N–H and O–H groups in total. The number of amides is 1. The molecular weight excluding hydrogens is 587 g/mol. The molecular formula is C33H32Cl2N4O4. The molecule has 1 aromatic heterocycles. The van der Waals surface area contributed by atoms with Gasteiger partial charge in [0, 0.05) is 66.2 Å². The first-order chi connectivity index (χ1) is 20.9. The molecule has 0 saturated carbocycles. The maximum Gasteiger partial charge on any atom is 0.257 e. The van der Waals surface area contributed by atoms with Crippen LogP contribution in [0.15, 0.2) is 91.3 Å². The molecule has 4 aromatic rings. The van der Waals surface area contributed by atoms with Crippen molar-refractivity contribution in [1.82, 2.24) is 4.98 Å². The number of carbonyl (C=O) groups excluding carboxylic acids is 1. The Morgan fingerprint density at radius 2 is 1.65 bits per heavy atom. The van der Waals surface area contributed by atoms with Crippen LogP contribution in [0.5, 0.6) is 5.75 Å². The van der Waals surface area contributed by atoms with Crippen LogP contribution in [0.2, 0.25) is 10.0 Å². The third-order valence-electron chi connectivity index (χ3n) is 7.69. The first-order valence-corrected chi connectivity index (χ1v) is 14.9. The molecule has 0 radical (unpaired) electrons. The summed E-state index contributed by atoms with van der Waals surface area (Å²) >= 11 is 12.4. The molecule has 0 aliphatic carbocycles. The average molecular weight is 620 g/mol. The fourth-order valence-corrected chi connectivity index (χ4v) is 5.92. The van der Waals surface area contributed by atoms with Crippen LogP contribution < -0.4 is 19.9 Å². The molecule has 43 heavy (non-hydrogen) atoms. The van der Waals surface area contributed by atoms with Crippen LogP contribution in [0.25, 0.3) is 0 Å². The van der Waals surface area contributed by atoms with E-state index in [9.17, 15) is 4.79 Å². The van der Waals surface area contributed by atoms with Gasteiger partial charge < -0.3 is 29.3 Å². The molecule has 3 heterocycles. The fraction of sp³-hybridized carbons (Fsp3) is 0.273. The second-order valence-electron chi connectivity index (χ2n) is 10.6. The maximum atomic E-state index is 12.4. The Morgan fingerprint density at radius 3 is 2.28 bits per heavy atom. The summed E-state index contributed by atoms with van der Waals surface area (Å²) in [6.45, 7) is 6.23. The fourth-order valence-electron chi connectivity index (χ4n) is 5.34. The summed E-state index contributed by atoms with van der Waals surface area (Å²) in [7, 11) is 0. The highest BCUT2D eigenvalue weighted by Crippen LogP contribution is 2.38. The summed E-state index contributed by atoms with van der Waals surface area (Å²) < 4.78 is 18.2. The van der Waals surface area contributed by atoms with Gasteiger partial charge in [-0.1, -0.05) is 29.3 Å². The van der Waals surface area contributed by atoms with Gasteiger partial charge >= 0.3 is 0 Å². The van der Waals surface area contributed by atoms with E-state index in [4.69, 9.17) is 37.4 Å². The monoisotopic (exact) mass is 618 g/mol. The summed E-state index contributed by atoms with van der Waals surface area (Å²) in [6, 6.07) is 24.9. The van der Waals surface area contributed by atoms with Gasteiger partial charge in [0.15, 0.2) is 5.79 Å². The molecule has 2 aliphatic rings. The van der Waals surface area contributed by atoms with Crippen LogP contribution in [0, 0.1) is 0 Å². The number of benzene rings is 3. The summed E-state index contributed by atoms with van der Waals surface area (Å²) in [5, 5.41) is 4.00. The van der Waals surface area contributed by atoms with E-state index >= 15 is 0 Å². The zero-order valence-corrected chi connectivity index (χ0v) is 25.2. The van der Waals surface area contributed by atoms with Crippen LogP contribution >= 0.6 is 23.2 Å². The quantitative estimate of drug-likeness (QED) is 0.237. The van der Waals surface area contributed by atoms with Crippen molar-refractivity contribution in [3.05, 3.63) is 112 Å². The van der Waals surface area contributed by atoms with Crippen LogP contribution in [0.4, 0.5) is 17.1 Å². The van der Waals surface area contributed by atoms with E-state index in [0.29, 0.717) is 28.8 Å². The molecule has 10 heteroatoms. The van der Waals surface area contributed by atoms with Crippen LogP contribution in [0.3, 0.4) is 0 Å². The molecule has 1 amide bonds. The van der Waals surface area contributed by atoms with Crippen molar-refractivity contribution in [2.75, 3.05) is 54.5 Å². The number of pyridine rings is 1. The number of piperazine rings is 1. The van der Waals surface area contributed by atoms with Gasteiger partial charge in [-0.15, -0.1) is 0 Å². The van der Waals surface area contributed by atoms with Gasteiger partial charge in [-0.2, -0.15) is 0 Å². The Kier molecular flexibility index (Phi) is 8.72. The summed E-state index contributed by atoms with van der Waals surface area (Å²) in [5.74, 6) is -0.339. The van der Waals surface area contributed by atoms with Gasteiger partial charge in [-0.25, -0.2) is 0 Å². The molecule has 3 aromatic carbocycles. The van der Waals surface area contributed by atoms with Crippen LogP contribution in [-0.2, 0) is 15.3 Å². The normalized spacial score (nSPS) is 20.2. The number of halogens is 2. The molecule has 2 aliphatic heterocycles. The molecule has 2 atom stereocenters. The smallest absolute Gasteiger partial charge is 0.257 e. The Balaban J connectivity index is 0.964. The number of rotatable bonds is 8. The average Bonchev–Trinajstić information content (AvgIpc) is 3.42. The number of hydrogen-bond acceptors (Lipinski definition) is 7. The summed E-state index contributed by atoms with van der Waals surface area (Å²) in [6.07, 6.45) is 2.98. The second-order valence-corrected chi connectivity index (χ2v) is 11.5. The van der Waals surface area contributed by atoms with Crippen molar-refractivity contribution in [2.24, 2.45) is 0 Å². The van der Waals surface area contributed by atoms with E-state index in [1.807, 2.05) is 49.4 Å². The van der Waals surface area contributed by atoms with E-state index < -0.39 is 5.79 Å². The number of hydrogen-bond donors (Lipinski definition) is 1. The summed E-state index contributed by atoms with van der Waals surface area (Å²) in [4.78, 5) is 21.1. The van der Waals surface area contributed by atoms with Gasteiger partial charge in [0.2, 0.25) is 0 Å². The number of carbonyl (C=O) groups is 1. The minimum Gasteiger partial charge on any atom is -0.491 e. The van der Waals surface area contributed by atoms with Crippen LogP contribution in [-0.4, -0.2) is 56.4 Å². The van der Waals surface area contributed by atoms with E-state index in [2.05, 4.69) is 32.2 Å². The van der Waals surface area contributed by atoms with Crippen molar-refractivity contribution in [3.63, 3.8) is 0 Å². The minimum atomic E-state index is -0.944. The lowest BCUT2D eigenvalue weighted by Crippen LogP contribution is -2.46. The molecule has 2 fully saturated rings. The van der Waals surface area contributed by atoms with E-state index in [1.54, 1.807) is 36.7 Å². The van der Waals surface area contributed by atoms with Crippen molar-refractivity contribution in [3.8, 4) is 5.75 Å². The Bertz CT molecular complexity index is 1550. The zero-order chi connectivity index (χ0) is 29.8. The molecule has 222 valence electrons. The van der Waals surface area contributed by atoms with Crippen LogP contribution in [0.1, 0.15) is 22.8 Å². The predicted octanol–water partition coefficient (Wildman–Crippen LogP) is 6.63. The minimum absolute atomic E-state index is 0.172. The molecule has 8 nitrogen and oxygen atoms in total. The zero-order valence-electron chi connectivity index (χ0n) is 23.7. The number of nitrogens with zero attached hydrogens (tertiary/aromatic N) is 3. The molecule has 0 unspecified atom stereocenters. The van der Waals surface area contributed by atoms with Gasteiger partial charge in [-0.3, -0.25) is 9.78 Å². The molecule has 6 rings (SSSR count). The first kappa shape index (κ1) is 29.3. The van der Waals surface area contributed by atoms with E-state index in [0.717, 1.165) is 54.6 Å². The Hall–Kier alpha value is -3.82. The lowest BCUT2D eigenvalue weighted by molar-refractivity contribution is -0.164. The van der Waals surface area contributed by atoms with Crippen molar-refractivity contribution in [1.29, 1.82) is 0 Å². The van der Waals surface area contributed by atoms with Crippen molar-refractivity contribution < 1.29 is 19.0 Å². The molecule has 2 saturated heterocycles. The number of nitrogens with one attached hydrogen (secondary N) is 1. The standard InChI is InChI=1S/C33H32Cl2N4O4/c1-33(30-13-4-24(34)19-31(30)35)42-22-29(43-33)21-41-28-11-9-27(10-12-28)39-17-15-38(16-18-39)26-7-5-25(6-8-26)37-32(40)23-3-2-14-36-20-23/h2-14,19-20,29H,15-18,21-22H2,1H3,(H,37,40)/t29-,33-/m1/s1. The van der Waals surface area contributed by atoms with Crippen molar-refractivity contribution in [2.45, 2.75) is 18.8 Å². The molecule has 0 spiro atoms. The highest BCUT2D eigenvalue weighted by Gasteiger charge is 2.40. The number of anilines is 3. The third kappa shape index (κ3) is 6.89. The van der Waals surface area contributed by atoms with Crippen molar-refractivity contribution >= 4 is 46.2 Å². The third-order valence-corrected chi connectivity index (χ3v) is 8.24. The highest BCUT2D eigenvalue weighted by atomic mass is 35.5. The SMILES string of the molecule is C[C@@]1(c2ccc(Cl)cc2Cl)OC[C@@H](COc2ccc(N3CCN(c4ccc(NC(=O)c5cccnc5)cc4)CC3)cc2)O1. The van der Waals surface area contributed by atoms with E-state index in [-0.39, 0.29) is 12.0 Å². The Morgan fingerprint density at radius 1 is 0.977 bits per heavy atom. The highest BCUT2D eigenvalue weighted by molar-refractivity contribution is 6.35. The lowest BCUT2D eigenvalue weighted by Gasteiger charge is -2.37. The lowest BCUT2D eigenvalue weighted by atomic mass is 10.1. The Labute approximate surface area is 261 Å². The summed E-state index contributed by atoms with van der Waals surface area (Å²) in [5.41, 5.74) is 4.32. The number of aromatic nitrogens is 1.